The molecule has 0 N–H and O–H groups in total. The first-order chi connectivity index (χ1) is 12.2. The van der Waals surface area contributed by atoms with Gasteiger partial charge in [-0.15, -0.1) is 11.8 Å². The van der Waals surface area contributed by atoms with Crippen LogP contribution in [0, 0.1) is 6.92 Å². The molecule has 1 aliphatic heterocycles. The van der Waals surface area contributed by atoms with E-state index < -0.39 is 0 Å². The fourth-order valence-corrected chi connectivity index (χ4v) is 3.61. The molecule has 3 aromatic rings. The predicted octanol–water partition coefficient (Wildman–Crippen LogP) is 4.13. The number of hydrogen-bond donors (Lipinski definition) is 0. The lowest BCUT2D eigenvalue weighted by molar-refractivity contribution is 0.699. The summed E-state index contributed by atoms with van der Waals surface area (Å²) in [7, 11) is 0. The number of aryl methyl sites for hydroxylation is 1. The van der Waals surface area contributed by atoms with Crippen molar-refractivity contribution in [3.8, 4) is 11.5 Å². The summed E-state index contributed by atoms with van der Waals surface area (Å²) < 4.78 is 0. The Hall–Kier alpha value is -2.40. The molecule has 4 rings (SSSR count). The van der Waals surface area contributed by atoms with Crippen molar-refractivity contribution in [2.24, 2.45) is 0 Å². The topological polar surface area (TPSA) is 41.9 Å². The van der Waals surface area contributed by atoms with E-state index in [2.05, 4.69) is 47.3 Å². The van der Waals surface area contributed by atoms with E-state index in [1.54, 1.807) is 18.0 Å². The van der Waals surface area contributed by atoms with E-state index in [0.29, 0.717) is 0 Å². The number of aromatic nitrogens is 3. The molecule has 0 amide bonds. The van der Waals surface area contributed by atoms with Crippen LogP contribution in [0.5, 0.6) is 0 Å². The van der Waals surface area contributed by atoms with Gasteiger partial charge in [-0.05, 0) is 49.6 Å². The van der Waals surface area contributed by atoms with Crippen molar-refractivity contribution in [3.63, 3.8) is 0 Å². The molecule has 0 bridgehead atoms. The number of rotatable bonds is 3. The first-order valence-corrected chi connectivity index (χ1v) is 9.64. The van der Waals surface area contributed by atoms with Gasteiger partial charge < -0.3 is 4.90 Å². The molecule has 4 nitrogen and oxygen atoms in total. The summed E-state index contributed by atoms with van der Waals surface area (Å²) in [6.07, 6.45) is 4.82. The summed E-state index contributed by atoms with van der Waals surface area (Å²) in [6, 6.07) is 14.6. The molecular formula is C20H20N4S. The number of pyridine rings is 1. The molecule has 0 spiro atoms. The van der Waals surface area contributed by atoms with E-state index >= 15 is 0 Å². The molecule has 1 aliphatic rings. The van der Waals surface area contributed by atoms with Crippen LogP contribution in [-0.2, 0) is 13.0 Å². The van der Waals surface area contributed by atoms with Crippen molar-refractivity contribution in [2.75, 3.05) is 17.7 Å². The maximum atomic E-state index is 4.80. The van der Waals surface area contributed by atoms with Crippen molar-refractivity contribution < 1.29 is 0 Å². The van der Waals surface area contributed by atoms with Crippen LogP contribution in [-0.4, -0.2) is 27.8 Å². The van der Waals surface area contributed by atoms with Crippen LogP contribution in [0.25, 0.3) is 11.5 Å². The highest BCUT2D eigenvalue weighted by Crippen LogP contribution is 2.28. The van der Waals surface area contributed by atoms with Gasteiger partial charge >= 0.3 is 0 Å². The number of thioether (sulfide) groups is 1. The van der Waals surface area contributed by atoms with Gasteiger partial charge in [0.2, 0.25) is 0 Å². The summed E-state index contributed by atoms with van der Waals surface area (Å²) in [5.41, 5.74) is 5.56. The lowest BCUT2D eigenvalue weighted by atomic mass is 10.0. The quantitative estimate of drug-likeness (QED) is 0.666. The Kier molecular flexibility index (Phi) is 4.40. The van der Waals surface area contributed by atoms with Crippen LogP contribution >= 0.6 is 11.8 Å². The monoisotopic (exact) mass is 348 g/mol. The molecule has 126 valence electrons. The molecule has 3 heterocycles. The highest BCUT2D eigenvalue weighted by molar-refractivity contribution is 7.98. The fourth-order valence-electron chi connectivity index (χ4n) is 3.20. The number of anilines is 1. The Bertz CT molecular complexity index is 878. The third-order valence-electron chi connectivity index (χ3n) is 4.60. The van der Waals surface area contributed by atoms with Gasteiger partial charge in [0.1, 0.15) is 5.69 Å². The number of fused-ring (bicyclic) bond motifs is 1. The molecule has 0 saturated carbocycles. The zero-order valence-corrected chi connectivity index (χ0v) is 15.3. The van der Waals surface area contributed by atoms with E-state index in [0.717, 1.165) is 42.4 Å². The molecule has 25 heavy (non-hydrogen) atoms. The van der Waals surface area contributed by atoms with Crippen LogP contribution in [0.2, 0.25) is 0 Å². The SMILES string of the molecule is CSc1ccc(N2CCc3nc(-c4ccccn4)nc(C)c3C2)cc1. The zero-order chi connectivity index (χ0) is 17.2. The average molecular weight is 348 g/mol. The second kappa shape index (κ2) is 6.84. The van der Waals surface area contributed by atoms with Gasteiger partial charge in [-0.2, -0.15) is 0 Å². The van der Waals surface area contributed by atoms with Gasteiger partial charge in [0.05, 0.1) is 5.69 Å². The fraction of sp³-hybridized carbons (Fsp3) is 0.250. The molecule has 0 unspecified atom stereocenters. The number of hydrogen-bond acceptors (Lipinski definition) is 5. The molecule has 1 aromatic carbocycles. The maximum absolute atomic E-state index is 4.80. The molecule has 0 fully saturated rings. The van der Waals surface area contributed by atoms with Crippen LogP contribution in [0.4, 0.5) is 5.69 Å². The molecule has 5 heteroatoms. The van der Waals surface area contributed by atoms with Crippen LogP contribution < -0.4 is 4.90 Å². The van der Waals surface area contributed by atoms with Crippen LogP contribution in [0.1, 0.15) is 17.0 Å². The van der Waals surface area contributed by atoms with E-state index in [9.17, 15) is 0 Å². The van der Waals surface area contributed by atoms with Gasteiger partial charge in [0.15, 0.2) is 5.82 Å². The van der Waals surface area contributed by atoms with Crippen molar-refractivity contribution in [1.29, 1.82) is 0 Å². The Morgan fingerprint density at radius 1 is 1.04 bits per heavy atom. The van der Waals surface area contributed by atoms with Gasteiger partial charge in [-0.25, -0.2) is 9.97 Å². The van der Waals surface area contributed by atoms with Gasteiger partial charge in [0, 0.05) is 47.5 Å². The Labute approximate surface area is 152 Å². The zero-order valence-electron chi connectivity index (χ0n) is 14.4. The minimum Gasteiger partial charge on any atom is -0.367 e. The van der Waals surface area contributed by atoms with Crippen molar-refractivity contribution in [2.45, 2.75) is 24.8 Å². The Balaban J connectivity index is 1.63. The third-order valence-corrected chi connectivity index (χ3v) is 5.34. The van der Waals surface area contributed by atoms with E-state index in [1.165, 1.54) is 16.1 Å². The summed E-state index contributed by atoms with van der Waals surface area (Å²) in [5.74, 6) is 0.731. The van der Waals surface area contributed by atoms with Crippen molar-refractivity contribution in [3.05, 3.63) is 65.6 Å². The van der Waals surface area contributed by atoms with Gasteiger partial charge in [0.25, 0.3) is 0 Å². The summed E-state index contributed by atoms with van der Waals surface area (Å²) in [6.45, 7) is 3.92. The molecule has 2 aromatic heterocycles. The molecule has 0 saturated heterocycles. The lowest BCUT2D eigenvalue weighted by Crippen LogP contribution is -2.32. The Morgan fingerprint density at radius 3 is 2.60 bits per heavy atom. The molecule has 0 aliphatic carbocycles. The number of benzene rings is 1. The van der Waals surface area contributed by atoms with Crippen molar-refractivity contribution in [1.82, 2.24) is 15.0 Å². The van der Waals surface area contributed by atoms with E-state index in [1.807, 2.05) is 18.2 Å². The van der Waals surface area contributed by atoms with Crippen LogP contribution in [0.15, 0.2) is 53.6 Å². The van der Waals surface area contributed by atoms with Gasteiger partial charge in [-0.1, -0.05) is 6.07 Å². The minimum absolute atomic E-state index is 0.731. The molecule has 0 radical (unpaired) electrons. The van der Waals surface area contributed by atoms with Crippen molar-refractivity contribution >= 4 is 17.4 Å². The molecular weight excluding hydrogens is 328 g/mol. The predicted molar refractivity (Wildman–Crippen MR) is 103 cm³/mol. The normalized spacial score (nSPS) is 13.6. The molecule has 0 atom stereocenters. The third kappa shape index (κ3) is 3.24. The second-order valence-corrected chi connectivity index (χ2v) is 7.02. The van der Waals surface area contributed by atoms with Crippen LogP contribution in [0.3, 0.4) is 0 Å². The largest absolute Gasteiger partial charge is 0.367 e. The smallest absolute Gasteiger partial charge is 0.178 e. The average Bonchev–Trinajstić information content (AvgIpc) is 2.68. The highest BCUT2D eigenvalue weighted by Gasteiger charge is 2.21. The summed E-state index contributed by atoms with van der Waals surface area (Å²) in [5, 5.41) is 0. The number of nitrogens with zero attached hydrogens (tertiary/aromatic N) is 4. The van der Waals surface area contributed by atoms with E-state index in [4.69, 9.17) is 9.97 Å². The first-order valence-electron chi connectivity index (χ1n) is 8.41. The summed E-state index contributed by atoms with van der Waals surface area (Å²) >= 11 is 1.77. The maximum Gasteiger partial charge on any atom is 0.178 e. The first kappa shape index (κ1) is 16.1. The second-order valence-electron chi connectivity index (χ2n) is 6.14. The minimum atomic E-state index is 0.731. The Morgan fingerprint density at radius 2 is 1.88 bits per heavy atom. The summed E-state index contributed by atoms with van der Waals surface area (Å²) in [4.78, 5) is 17.6. The lowest BCUT2D eigenvalue weighted by Gasteiger charge is -2.31. The van der Waals surface area contributed by atoms with Gasteiger partial charge in [-0.3, -0.25) is 4.98 Å². The van der Waals surface area contributed by atoms with E-state index in [-0.39, 0.29) is 0 Å². The standard InChI is InChI=1S/C20H20N4S/c1-14-17-13-24(15-6-8-16(25-2)9-7-15)12-10-18(17)23-20(22-14)19-5-3-4-11-21-19/h3-9,11H,10,12-13H2,1-2H3. The highest BCUT2D eigenvalue weighted by atomic mass is 32.2.